The van der Waals surface area contributed by atoms with Gasteiger partial charge in [-0.05, 0) is 24.6 Å². The van der Waals surface area contributed by atoms with Crippen LogP contribution in [0.4, 0.5) is 0 Å². The molecule has 0 radical (unpaired) electrons. The highest BCUT2D eigenvalue weighted by Crippen LogP contribution is 2.38. The van der Waals surface area contributed by atoms with E-state index in [-0.39, 0.29) is 23.1 Å². The summed E-state index contributed by atoms with van der Waals surface area (Å²) in [6, 6.07) is -0.0350. The highest BCUT2D eigenvalue weighted by Gasteiger charge is 2.41. The molecule has 0 aromatic heterocycles. The van der Waals surface area contributed by atoms with E-state index in [1.165, 1.54) is 0 Å². The van der Waals surface area contributed by atoms with E-state index in [1.54, 1.807) is 7.05 Å². The Balaban J connectivity index is 2.51. The first kappa shape index (κ1) is 15.6. The van der Waals surface area contributed by atoms with E-state index in [0.29, 0.717) is 0 Å². The second kappa shape index (κ2) is 5.69. The second-order valence-electron chi connectivity index (χ2n) is 6.37. The molecule has 1 rings (SSSR count). The summed E-state index contributed by atoms with van der Waals surface area (Å²) in [6.07, 6.45) is 1.00. The van der Waals surface area contributed by atoms with Gasteiger partial charge in [0.15, 0.2) is 8.32 Å². The molecule has 0 aliphatic carbocycles. The lowest BCUT2D eigenvalue weighted by Gasteiger charge is -2.38. The van der Waals surface area contributed by atoms with E-state index >= 15 is 0 Å². The lowest BCUT2D eigenvalue weighted by Crippen LogP contribution is -2.44. The molecular formula is C12H27N3O2Si. The van der Waals surface area contributed by atoms with Crippen LogP contribution in [0.3, 0.4) is 0 Å². The van der Waals surface area contributed by atoms with Crippen molar-refractivity contribution in [1.82, 2.24) is 10.8 Å². The molecule has 1 saturated heterocycles. The second-order valence-corrected chi connectivity index (χ2v) is 11.1. The van der Waals surface area contributed by atoms with Gasteiger partial charge in [-0.25, -0.2) is 0 Å². The van der Waals surface area contributed by atoms with Gasteiger partial charge in [0.25, 0.3) is 0 Å². The number of hydrogen-bond donors (Lipinski definition) is 3. The molecule has 106 valence electrons. The zero-order chi connectivity index (χ0) is 14.0. The molecule has 1 heterocycles. The Labute approximate surface area is 111 Å². The van der Waals surface area contributed by atoms with Crippen LogP contribution in [0, 0.1) is 5.41 Å². The summed E-state index contributed by atoms with van der Waals surface area (Å²) in [5, 5.41) is 11.2. The topological polar surface area (TPSA) is 66.4 Å². The van der Waals surface area contributed by atoms with Crippen LogP contribution in [0.15, 0.2) is 0 Å². The summed E-state index contributed by atoms with van der Waals surface area (Å²) in [7, 11) is -0.0599. The molecule has 5 nitrogen and oxygen atoms in total. The standard InChI is InChI=1S/C12H27N3O2Si/c1-12(2,3)18(5,6)17-9-7-10(15-8-9)11(13)16-14-4/h9-10,13-15H,7-8H2,1-6H3/t9-,10+/m1/s1. The zero-order valence-electron chi connectivity index (χ0n) is 12.4. The predicted molar refractivity (Wildman–Crippen MR) is 76.3 cm³/mol. The molecule has 1 aliphatic heterocycles. The van der Waals surface area contributed by atoms with Gasteiger partial charge in [0.1, 0.15) is 0 Å². The normalized spacial score (nSPS) is 25.2. The van der Waals surface area contributed by atoms with Crippen LogP contribution < -0.4 is 10.8 Å². The van der Waals surface area contributed by atoms with Gasteiger partial charge in [-0.15, -0.1) is 0 Å². The highest BCUT2D eigenvalue weighted by molar-refractivity contribution is 6.74. The fourth-order valence-corrected chi connectivity index (χ4v) is 3.13. The van der Waals surface area contributed by atoms with Crippen molar-refractivity contribution in [2.24, 2.45) is 0 Å². The SMILES string of the molecule is CNOC(=N)[C@@H]1C[C@@H](O[Si](C)(C)C(C)(C)C)CN1. The van der Waals surface area contributed by atoms with E-state index in [9.17, 15) is 0 Å². The van der Waals surface area contributed by atoms with E-state index in [2.05, 4.69) is 44.7 Å². The summed E-state index contributed by atoms with van der Waals surface area (Å²) >= 11 is 0. The molecule has 0 unspecified atom stereocenters. The van der Waals surface area contributed by atoms with E-state index in [4.69, 9.17) is 14.7 Å². The smallest absolute Gasteiger partial charge is 0.223 e. The first-order valence-corrected chi connectivity index (χ1v) is 9.41. The highest BCUT2D eigenvalue weighted by atomic mass is 28.4. The molecular weight excluding hydrogens is 246 g/mol. The summed E-state index contributed by atoms with van der Waals surface area (Å²) < 4.78 is 6.33. The minimum atomic E-state index is -1.72. The van der Waals surface area contributed by atoms with Crippen molar-refractivity contribution in [2.75, 3.05) is 13.6 Å². The molecule has 3 N–H and O–H groups in total. The van der Waals surface area contributed by atoms with Gasteiger partial charge < -0.3 is 14.6 Å². The molecule has 1 fully saturated rings. The average molecular weight is 273 g/mol. The predicted octanol–water partition coefficient (Wildman–Crippen LogP) is 1.87. The first-order valence-electron chi connectivity index (χ1n) is 6.50. The fraction of sp³-hybridized carbons (Fsp3) is 0.917. The maximum Gasteiger partial charge on any atom is 0.223 e. The fourth-order valence-electron chi connectivity index (χ4n) is 1.77. The van der Waals surface area contributed by atoms with Crippen LogP contribution in [0.25, 0.3) is 0 Å². The van der Waals surface area contributed by atoms with Crippen LogP contribution >= 0.6 is 0 Å². The van der Waals surface area contributed by atoms with Crippen molar-refractivity contribution < 1.29 is 9.26 Å². The van der Waals surface area contributed by atoms with Gasteiger partial charge in [0.05, 0.1) is 12.1 Å². The van der Waals surface area contributed by atoms with Gasteiger partial charge in [-0.1, -0.05) is 20.8 Å². The molecule has 0 bridgehead atoms. The van der Waals surface area contributed by atoms with Crippen molar-refractivity contribution in [3.63, 3.8) is 0 Å². The Morgan fingerprint density at radius 2 is 2.00 bits per heavy atom. The number of rotatable bonds is 4. The average Bonchev–Trinajstić information content (AvgIpc) is 2.64. The van der Waals surface area contributed by atoms with Gasteiger partial charge in [-0.2, -0.15) is 5.48 Å². The number of nitrogens with one attached hydrogen (secondary N) is 3. The van der Waals surface area contributed by atoms with Crippen LogP contribution in [0.1, 0.15) is 27.2 Å². The first-order chi connectivity index (χ1) is 8.17. The Kier molecular flexibility index (Phi) is 4.94. The maximum absolute atomic E-state index is 7.74. The quantitative estimate of drug-likeness (QED) is 0.317. The molecule has 0 saturated carbocycles. The molecule has 1 aliphatic rings. The molecule has 2 atom stereocenters. The Morgan fingerprint density at radius 3 is 2.50 bits per heavy atom. The molecule has 0 aromatic carbocycles. The van der Waals surface area contributed by atoms with Crippen LogP contribution in [0.2, 0.25) is 18.1 Å². The minimum absolute atomic E-state index is 0.0350. The van der Waals surface area contributed by atoms with Crippen molar-refractivity contribution in [3.8, 4) is 0 Å². The Hall–Kier alpha value is -0.433. The largest absolute Gasteiger partial charge is 0.413 e. The van der Waals surface area contributed by atoms with E-state index < -0.39 is 8.32 Å². The van der Waals surface area contributed by atoms with E-state index in [0.717, 1.165) is 13.0 Å². The third kappa shape index (κ3) is 3.78. The molecule has 6 heteroatoms. The summed E-state index contributed by atoms with van der Waals surface area (Å²) in [4.78, 5) is 5.00. The molecule has 0 aromatic rings. The summed E-state index contributed by atoms with van der Waals surface area (Å²) in [5.41, 5.74) is 2.54. The molecule has 0 amide bonds. The van der Waals surface area contributed by atoms with Crippen molar-refractivity contribution in [3.05, 3.63) is 0 Å². The van der Waals surface area contributed by atoms with Gasteiger partial charge in [0, 0.05) is 13.6 Å². The van der Waals surface area contributed by atoms with Gasteiger partial charge in [-0.3, -0.25) is 5.41 Å². The van der Waals surface area contributed by atoms with Crippen molar-refractivity contribution >= 4 is 14.2 Å². The third-order valence-electron chi connectivity index (χ3n) is 3.89. The van der Waals surface area contributed by atoms with Crippen LogP contribution in [0.5, 0.6) is 0 Å². The van der Waals surface area contributed by atoms with E-state index in [1.807, 2.05) is 0 Å². The van der Waals surface area contributed by atoms with Gasteiger partial charge >= 0.3 is 0 Å². The lowest BCUT2D eigenvalue weighted by molar-refractivity contribution is 0.184. The molecule has 0 spiro atoms. The number of hydrogen-bond acceptors (Lipinski definition) is 5. The molecule has 18 heavy (non-hydrogen) atoms. The zero-order valence-corrected chi connectivity index (χ0v) is 13.4. The van der Waals surface area contributed by atoms with Crippen molar-refractivity contribution in [1.29, 1.82) is 5.41 Å². The van der Waals surface area contributed by atoms with Crippen molar-refractivity contribution in [2.45, 2.75) is 57.5 Å². The Bertz CT molecular complexity index is 302. The third-order valence-corrected chi connectivity index (χ3v) is 8.42. The van der Waals surface area contributed by atoms with Gasteiger partial charge in [0.2, 0.25) is 5.90 Å². The summed E-state index contributed by atoms with van der Waals surface area (Å²) in [6.45, 7) is 12.0. The van der Waals surface area contributed by atoms with Crippen LogP contribution in [-0.2, 0) is 9.26 Å². The number of hydroxylamine groups is 1. The Morgan fingerprint density at radius 1 is 1.39 bits per heavy atom. The summed E-state index contributed by atoms with van der Waals surface area (Å²) in [5.74, 6) is 0.235. The monoisotopic (exact) mass is 273 g/mol. The lowest BCUT2D eigenvalue weighted by atomic mass is 10.2. The minimum Gasteiger partial charge on any atom is -0.413 e. The van der Waals surface area contributed by atoms with Crippen LogP contribution in [-0.4, -0.2) is 40.0 Å². The maximum atomic E-state index is 7.74.